The lowest BCUT2D eigenvalue weighted by Crippen LogP contribution is -2.78. The molecule has 2 saturated heterocycles. The van der Waals surface area contributed by atoms with Gasteiger partial charge in [0.2, 0.25) is 5.95 Å². The summed E-state index contributed by atoms with van der Waals surface area (Å²) in [5, 5.41) is 4.93. The summed E-state index contributed by atoms with van der Waals surface area (Å²) in [6, 6.07) is 4.48. The van der Waals surface area contributed by atoms with Crippen LogP contribution in [-0.4, -0.2) is 35.1 Å². The number of furan rings is 1. The fraction of sp³-hybridized carbons (Fsp3) is 0.286. The maximum atomic E-state index is 6.32. The smallest absolute Gasteiger partial charge is 0.222 e. The molecule has 2 aliphatic rings. The largest absolute Gasteiger partial charge is 0.450 e. The number of hydrogen-bond donors (Lipinski definition) is 2. The second kappa shape index (κ2) is 4.16. The number of anilines is 2. The van der Waals surface area contributed by atoms with Gasteiger partial charge in [0.1, 0.15) is 11.1 Å². The molecule has 0 amide bonds. The van der Waals surface area contributed by atoms with Gasteiger partial charge in [-0.05, 0) is 12.1 Å². The van der Waals surface area contributed by atoms with Gasteiger partial charge in [0.05, 0.1) is 21.5 Å². The van der Waals surface area contributed by atoms with E-state index >= 15 is 0 Å². The molecule has 5 rings (SSSR count). The van der Waals surface area contributed by atoms with E-state index in [9.17, 15) is 0 Å². The number of hydrogen-bond acceptors (Lipinski definition) is 6. The summed E-state index contributed by atoms with van der Waals surface area (Å²) in [6.07, 6.45) is 0. The maximum absolute atomic E-state index is 6.32. The van der Waals surface area contributed by atoms with Crippen molar-refractivity contribution in [2.45, 2.75) is 12.1 Å². The fourth-order valence-electron chi connectivity index (χ4n) is 3.22. The SMILES string of the molecule is Nc1nc(N2CC3NC[C@H]32)c2oc3ccc(Cl)c(Cl)c3c2n1. The lowest BCUT2D eigenvalue weighted by Gasteiger charge is -2.56. The van der Waals surface area contributed by atoms with Crippen LogP contribution in [0, 0.1) is 0 Å². The number of benzene rings is 1. The van der Waals surface area contributed by atoms with Crippen LogP contribution in [0.25, 0.3) is 22.1 Å². The molecule has 2 fully saturated rings. The number of nitrogens with one attached hydrogen (secondary N) is 1. The highest BCUT2D eigenvalue weighted by Gasteiger charge is 2.47. The van der Waals surface area contributed by atoms with E-state index < -0.39 is 0 Å². The van der Waals surface area contributed by atoms with Crippen LogP contribution in [0.15, 0.2) is 16.5 Å². The molecule has 0 radical (unpaired) electrons. The molecule has 8 heteroatoms. The van der Waals surface area contributed by atoms with Crippen LogP contribution < -0.4 is 16.0 Å². The summed E-state index contributed by atoms with van der Waals surface area (Å²) in [7, 11) is 0. The lowest BCUT2D eigenvalue weighted by atomic mass is 9.89. The first-order chi connectivity index (χ1) is 10.6. The van der Waals surface area contributed by atoms with Crippen molar-refractivity contribution in [2.24, 2.45) is 0 Å². The normalized spacial score (nSPS) is 23.5. The molecule has 2 atom stereocenters. The molecule has 0 aliphatic carbocycles. The minimum Gasteiger partial charge on any atom is -0.450 e. The van der Waals surface area contributed by atoms with Crippen LogP contribution in [0.4, 0.5) is 11.8 Å². The first-order valence-corrected chi connectivity index (χ1v) is 7.73. The molecule has 6 nitrogen and oxygen atoms in total. The van der Waals surface area contributed by atoms with Crippen LogP contribution >= 0.6 is 23.2 Å². The highest BCUT2D eigenvalue weighted by atomic mass is 35.5. The highest BCUT2D eigenvalue weighted by molar-refractivity contribution is 6.46. The molecular weight excluding hydrogens is 325 g/mol. The topological polar surface area (TPSA) is 80.2 Å². The molecule has 3 N–H and O–H groups in total. The van der Waals surface area contributed by atoms with Gasteiger partial charge in [-0.2, -0.15) is 4.98 Å². The van der Waals surface area contributed by atoms with E-state index in [1.165, 1.54) is 0 Å². The molecule has 3 aromatic rings. The van der Waals surface area contributed by atoms with Gasteiger partial charge in [-0.25, -0.2) is 4.98 Å². The zero-order valence-electron chi connectivity index (χ0n) is 11.3. The second-order valence-corrected chi connectivity index (χ2v) is 6.44. The minimum absolute atomic E-state index is 0.206. The molecular formula is C14H11Cl2N5O. The highest BCUT2D eigenvalue weighted by Crippen LogP contribution is 2.42. The predicted octanol–water partition coefficient (Wildman–Crippen LogP) is 2.43. The summed E-state index contributed by atoms with van der Waals surface area (Å²) in [5.74, 6) is 0.936. The van der Waals surface area contributed by atoms with Crippen molar-refractivity contribution in [3.63, 3.8) is 0 Å². The third-order valence-corrected chi connectivity index (χ3v) is 5.29. The van der Waals surface area contributed by atoms with Crippen molar-refractivity contribution in [3.8, 4) is 0 Å². The minimum atomic E-state index is 0.206. The molecule has 22 heavy (non-hydrogen) atoms. The Morgan fingerprint density at radius 3 is 2.86 bits per heavy atom. The quantitative estimate of drug-likeness (QED) is 0.710. The molecule has 112 valence electrons. The number of halogens is 2. The van der Waals surface area contributed by atoms with Crippen molar-refractivity contribution in [3.05, 3.63) is 22.2 Å². The average Bonchev–Trinajstić information content (AvgIpc) is 2.84. The van der Waals surface area contributed by atoms with E-state index in [-0.39, 0.29) is 5.95 Å². The Hall–Kier alpha value is -1.76. The zero-order valence-corrected chi connectivity index (χ0v) is 12.8. The molecule has 0 saturated carbocycles. The van der Waals surface area contributed by atoms with Crippen LogP contribution in [0.2, 0.25) is 10.0 Å². The van der Waals surface area contributed by atoms with Gasteiger partial charge in [-0.1, -0.05) is 23.2 Å². The Bertz CT molecular complexity index is 940. The van der Waals surface area contributed by atoms with E-state index in [4.69, 9.17) is 33.4 Å². The molecule has 0 bridgehead atoms. The van der Waals surface area contributed by atoms with Gasteiger partial charge in [-0.15, -0.1) is 0 Å². The number of nitrogens with zero attached hydrogens (tertiary/aromatic N) is 3. The van der Waals surface area contributed by atoms with Gasteiger partial charge in [-0.3, -0.25) is 0 Å². The van der Waals surface area contributed by atoms with Gasteiger partial charge in [0, 0.05) is 19.1 Å². The first kappa shape index (κ1) is 12.8. The summed E-state index contributed by atoms with van der Waals surface area (Å²) in [4.78, 5) is 10.9. The molecule has 4 heterocycles. The summed E-state index contributed by atoms with van der Waals surface area (Å²) >= 11 is 12.4. The van der Waals surface area contributed by atoms with Crippen molar-refractivity contribution in [2.75, 3.05) is 23.7 Å². The Morgan fingerprint density at radius 1 is 1.32 bits per heavy atom. The van der Waals surface area contributed by atoms with Gasteiger partial charge in [0.25, 0.3) is 0 Å². The summed E-state index contributed by atoms with van der Waals surface area (Å²) in [6.45, 7) is 1.84. The van der Waals surface area contributed by atoms with E-state index in [0.717, 1.165) is 18.9 Å². The van der Waals surface area contributed by atoms with E-state index in [1.54, 1.807) is 12.1 Å². The summed E-state index contributed by atoms with van der Waals surface area (Å²) in [5.41, 5.74) is 7.75. The molecule has 1 unspecified atom stereocenters. The van der Waals surface area contributed by atoms with Crippen LogP contribution in [0.3, 0.4) is 0 Å². The number of aromatic nitrogens is 2. The van der Waals surface area contributed by atoms with Gasteiger partial charge in [0.15, 0.2) is 11.4 Å². The molecule has 1 aromatic carbocycles. The van der Waals surface area contributed by atoms with Gasteiger partial charge < -0.3 is 20.4 Å². The Labute approximate surface area is 135 Å². The number of fused-ring (bicyclic) bond motifs is 4. The molecule has 0 spiro atoms. The number of rotatable bonds is 1. The number of piperazine rings is 1. The fourth-order valence-corrected chi connectivity index (χ4v) is 3.62. The van der Waals surface area contributed by atoms with Crippen molar-refractivity contribution >= 4 is 57.0 Å². The third-order valence-electron chi connectivity index (χ3n) is 4.49. The molecule has 2 aromatic heterocycles. The van der Waals surface area contributed by atoms with E-state index in [2.05, 4.69) is 20.2 Å². The predicted molar refractivity (Wildman–Crippen MR) is 86.7 cm³/mol. The van der Waals surface area contributed by atoms with Gasteiger partial charge >= 0.3 is 0 Å². The first-order valence-electron chi connectivity index (χ1n) is 6.97. The van der Waals surface area contributed by atoms with Crippen LogP contribution in [-0.2, 0) is 0 Å². The summed E-state index contributed by atoms with van der Waals surface area (Å²) < 4.78 is 5.95. The third kappa shape index (κ3) is 1.49. The maximum Gasteiger partial charge on any atom is 0.222 e. The van der Waals surface area contributed by atoms with E-state index in [0.29, 0.717) is 44.2 Å². The molecule has 2 aliphatic heterocycles. The standard InChI is InChI=1S/C14H11Cl2N5O/c15-5-1-2-8-9(10(5)16)11-12(22-8)13(20-14(17)19-11)21-4-6-7(21)3-18-6/h1-2,6-7,18H,3-4H2,(H2,17,19,20)/t6?,7-/m1/s1. The average molecular weight is 336 g/mol. The second-order valence-electron chi connectivity index (χ2n) is 5.65. The Balaban J connectivity index is 1.82. The Kier molecular flexibility index (Phi) is 2.41. The zero-order chi connectivity index (χ0) is 15.0. The monoisotopic (exact) mass is 335 g/mol. The van der Waals surface area contributed by atoms with Crippen molar-refractivity contribution < 1.29 is 4.42 Å². The van der Waals surface area contributed by atoms with Crippen molar-refractivity contribution in [1.29, 1.82) is 0 Å². The van der Waals surface area contributed by atoms with Crippen LogP contribution in [0.5, 0.6) is 0 Å². The van der Waals surface area contributed by atoms with E-state index in [1.807, 2.05) is 0 Å². The van der Waals surface area contributed by atoms with Crippen LogP contribution in [0.1, 0.15) is 0 Å². The number of nitrogen functional groups attached to an aromatic ring is 1. The Morgan fingerprint density at radius 2 is 2.18 bits per heavy atom. The number of nitrogens with two attached hydrogens (primary N) is 1. The lowest BCUT2D eigenvalue weighted by molar-refractivity contribution is 0.212. The van der Waals surface area contributed by atoms with Crippen molar-refractivity contribution in [1.82, 2.24) is 15.3 Å².